The smallest absolute Gasteiger partial charge is 0.256 e. The molecule has 0 bridgehead atoms. The molecule has 10 heteroatoms. The Bertz CT molecular complexity index is 1630. The average Bonchev–Trinajstić information content (AvgIpc) is 3.68. The molecule has 7 rings (SSSR count). The van der Waals surface area contributed by atoms with E-state index >= 15 is 0 Å². The third-order valence-electron chi connectivity index (χ3n) is 8.98. The number of carbonyl (C=O) groups excluding carboxylic acids is 1. The van der Waals surface area contributed by atoms with E-state index in [0.717, 1.165) is 86.0 Å². The number of ether oxygens (including phenoxy) is 3. The Balaban J connectivity index is 0.925. The number of nitrogens with zero attached hydrogens (tertiary/aromatic N) is 4. The molecule has 0 aliphatic carbocycles. The van der Waals surface area contributed by atoms with Crippen molar-refractivity contribution < 1.29 is 19.0 Å². The fourth-order valence-corrected chi connectivity index (χ4v) is 6.39. The van der Waals surface area contributed by atoms with Crippen LogP contribution in [-0.2, 0) is 0 Å². The first-order valence-electron chi connectivity index (χ1n) is 15.6. The average molecular weight is 597 g/mol. The molecule has 2 saturated heterocycles. The second-order valence-electron chi connectivity index (χ2n) is 11.9. The number of likely N-dealkylation sites (N-methyl/N-ethyl adjacent to an activating group) is 1. The van der Waals surface area contributed by atoms with Crippen molar-refractivity contribution in [1.82, 2.24) is 19.8 Å². The second-order valence-corrected chi connectivity index (χ2v) is 11.9. The van der Waals surface area contributed by atoms with Gasteiger partial charge in [0, 0.05) is 69.0 Å². The van der Waals surface area contributed by atoms with E-state index in [1.807, 2.05) is 35.2 Å². The van der Waals surface area contributed by atoms with Gasteiger partial charge in [-0.1, -0.05) is 0 Å². The maximum absolute atomic E-state index is 13.1. The molecule has 1 atom stereocenters. The van der Waals surface area contributed by atoms with Crippen LogP contribution in [0.5, 0.6) is 17.2 Å². The van der Waals surface area contributed by atoms with Crippen LogP contribution in [0.3, 0.4) is 0 Å². The van der Waals surface area contributed by atoms with Gasteiger partial charge in [-0.15, -0.1) is 0 Å². The number of imidazole rings is 1. The van der Waals surface area contributed by atoms with E-state index in [1.54, 1.807) is 13.2 Å². The van der Waals surface area contributed by atoms with Gasteiger partial charge in [0.25, 0.3) is 5.91 Å². The zero-order valence-corrected chi connectivity index (χ0v) is 25.5. The number of hydrogen-bond donors (Lipinski definition) is 2. The van der Waals surface area contributed by atoms with E-state index in [0.29, 0.717) is 36.7 Å². The molecule has 4 aromatic rings. The number of carbonyl (C=O) groups is 1. The molecule has 3 aliphatic heterocycles. The van der Waals surface area contributed by atoms with Crippen molar-refractivity contribution in [1.29, 1.82) is 0 Å². The van der Waals surface area contributed by atoms with Crippen molar-refractivity contribution >= 4 is 28.3 Å². The number of rotatable bonds is 9. The maximum atomic E-state index is 13.1. The monoisotopic (exact) mass is 596 g/mol. The molecule has 10 nitrogen and oxygen atoms in total. The number of aromatic nitrogens is 2. The second kappa shape index (κ2) is 12.3. The van der Waals surface area contributed by atoms with E-state index < -0.39 is 0 Å². The molecule has 3 aliphatic rings. The van der Waals surface area contributed by atoms with Crippen LogP contribution in [0.2, 0.25) is 0 Å². The number of fused-ring (bicyclic) bond motifs is 3. The molecule has 4 heterocycles. The van der Waals surface area contributed by atoms with Crippen LogP contribution in [0, 0.1) is 0 Å². The van der Waals surface area contributed by atoms with Crippen molar-refractivity contribution in [2.24, 2.45) is 0 Å². The Hall–Kier alpha value is -4.44. The minimum Gasteiger partial charge on any atom is -0.493 e. The number of nitrogens with one attached hydrogen (secondary N) is 2. The largest absolute Gasteiger partial charge is 0.493 e. The number of hydrogen-bond acceptors (Lipinski definition) is 8. The Labute approximate surface area is 257 Å². The summed E-state index contributed by atoms with van der Waals surface area (Å²) in [6.07, 6.45) is 2.79. The molecule has 1 amide bonds. The van der Waals surface area contributed by atoms with Gasteiger partial charge in [-0.25, -0.2) is 4.98 Å². The van der Waals surface area contributed by atoms with Crippen molar-refractivity contribution in [2.75, 3.05) is 76.9 Å². The number of methoxy groups -OCH3 is 1. The third kappa shape index (κ3) is 5.74. The van der Waals surface area contributed by atoms with Crippen molar-refractivity contribution in [3.63, 3.8) is 0 Å². The zero-order chi connectivity index (χ0) is 30.0. The minimum absolute atomic E-state index is 0.0624. The third-order valence-corrected chi connectivity index (χ3v) is 8.98. The summed E-state index contributed by atoms with van der Waals surface area (Å²) in [6.45, 7) is 6.78. The highest BCUT2D eigenvalue weighted by atomic mass is 16.5. The van der Waals surface area contributed by atoms with Gasteiger partial charge >= 0.3 is 0 Å². The summed E-state index contributed by atoms with van der Waals surface area (Å²) < 4.78 is 17.6. The molecule has 0 saturated carbocycles. The topological polar surface area (TPSA) is 95.2 Å². The van der Waals surface area contributed by atoms with Crippen LogP contribution in [-0.4, -0.2) is 98.4 Å². The Morgan fingerprint density at radius 1 is 0.932 bits per heavy atom. The van der Waals surface area contributed by atoms with Crippen LogP contribution in [0.15, 0.2) is 54.6 Å². The van der Waals surface area contributed by atoms with Gasteiger partial charge in [0.15, 0.2) is 11.5 Å². The standard InChI is InChI=1S/C34H40N6O4/c1-38-13-15-39(16-14-38)24-8-11-28-30(19-24)37-33(36-28)23-6-9-26(10-7-23)43-17-4-18-44-32-21-29-27(20-31(32)42-2)34(41)40-12-3-5-25(40)22-35-29/h6-11,19-21,25,35H,3-5,12-18,22H2,1-2H3,(H,36,37)/t25-/m0/s1. The quantitative estimate of drug-likeness (QED) is 0.265. The molecule has 0 unspecified atom stereocenters. The van der Waals surface area contributed by atoms with Crippen LogP contribution < -0.4 is 24.4 Å². The van der Waals surface area contributed by atoms with Crippen LogP contribution in [0.25, 0.3) is 22.4 Å². The summed E-state index contributed by atoms with van der Waals surface area (Å²) in [4.78, 5) is 28.2. The zero-order valence-electron chi connectivity index (χ0n) is 25.5. The fourth-order valence-electron chi connectivity index (χ4n) is 6.39. The van der Waals surface area contributed by atoms with Gasteiger partial charge in [-0.05, 0) is 68.4 Å². The number of amides is 1. The number of H-pyrrole nitrogens is 1. The summed E-state index contributed by atoms with van der Waals surface area (Å²) in [7, 11) is 3.78. The van der Waals surface area contributed by atoms with Crippen molar-refractivity contribution in [2.45, 2.75) is 25.3 Å². The molecule has 1 aromatic heterocycles. The highest BCUT2D eigenvalue weighted by Crippen LogP contribution is 2.37. The van der Waals surface area contributed by atoms with Crippen LogP contribution in [0.1, 0.15) is 29.6 Å². The maximum Gasteiger partial charge on any atom is 0.256 e. The first-order valence-corrected chi connectivity index (χ1v) is 15.6. The lowest BCUT2D eigenvalue weighted by Crippen LogP contribution is -2.44. The van der Waals surface area contributed by atoms with E-state index in [2.05, 4.69) is 45.3 Å². The molecule has 2 fully saturated rings. The fraction of sp³-hybridized carbons (Fsp3) is 0.412. The van der Waals surface area contributed by atoms with Crippen LogP contribution >= 0.6 is 0 Å². The summed E-state index contributed by atoms with van der Waals surface area (Å²) in [6, 6.07) is 18.4. The van der Waals surface area contributed by atoms with Gasteiger partial charge in [0.05, 0.1) is 42.6 Å². The SMILES string of the molecule is COc1cc2c(cc1OCCCOc1ccc(-c3nc4ccc(N5CCN(C)CC5)cc4[nH]3)cc1)NC[C@@H]1CCCN1C2=O. The van der Waals surface area contributed by atoms with E-state index in [-0.39, 0.29) is 11.9 Å². The van der Waals surface area contributed by atoms with E-state index in [9.17, 15) is 4.79 Å². The number of piperazine rings is 1. The van der Waals surface area contributed by atoms with Gasteiger partial charge in [0.2, 0.25) is 0 Å². The van der Waals surface area contributed by atoms with Crippen LogP contribution in [0.4, 0.5) is 11.4 Å². The highest BCUT2D eigenvalue weighted by Gasteiger charge is 2.34. The normalized spacial score (nSPS) is 18.5. The van der Waals surface area contributed by atoms with E-state index in [4.69, 9.17) is 19.2 Å². The lowest BCUT2D eigenvalue weighted by molar-refractivity contribution is 0.0750. The number of benzene rings is 3. The number of aromatic amines is 1. The lowest BCUT2D eigenvalue weighted by atomic mass is 10.1. The molecular weight excluding hydrogens is 556 g/mol. The van der Waals surface area contributed by atoms with Crippen molar-refractivity contribution in [3.8, 4) is 28.6 Å². The highest BCUT2D eigenvalue weighted by molar-refractivity contribution is 6.01. The molecule has 2 N–H and O–H groups in total. The number of anilines is 2. The molecule has 44 heavy (non-hydrogen) atoms. The first-order chi connectivity index (χ1) is 21.6. The Morgan fingerprint density at radius 2 is 1.75 bits per heavy atom. The predicted octanol–water partition coefficient (Wildman–Crippen LogP) is 4.87. The Kier molecular flexibility index (Phi) is 7.91. The summed E-state index contributed by atoms with van der Waals surface area (Å²) in [5.41, 5.74) is 5.71. The lowest BCUT2D eigenvalue weighted by Gasteiger charge is -2.34. The van der Waals surface area contributed by atoms with Gasteiger partial charge in [-0.3, -0.25) is 4.79 Å². The summed E-state index contributed by atoms with van der Waals surface area (Å²) in [5.74, 6) is 2.90. The summed E-state index contributed by atoms with van der Waals surface area (Å²) in [5, 5.41) is 3.45. The van der Waals surface area contributed by atoms with Gasteiger partial charge in [0.1, 0.15) is 11.6 Å². The first kappa shape index (κ1) is 28.3. The molecule has 0 spiro atoms. The van der Waals surface area contributed by atoms with Gasteiger partial charge in [-0.2, -0.15) is 0 Å². The van der Waals surface area contributed by atoms with Gasteiger partial charge < -0.3 is 39.2 Å². The molecule has 230 valence electrons. The summed E-state index contributed by atoms with van der Waals surface area (Å²) >= 11 is 0. The Morgan fingerprint density at radius 3 is 2.57 bits per heavy atom. The molecule has 0 radical (unpaired) electrons. The minimum atomic E-state index is 0.0624. The molecule has 3 aromatic carbocycles. The van der Waals surface area contributed by atoms with Crippen molar-refractivity contribution in [3.05, 3.63) is 60.2 Å². The van der Waals surface area contributed by atoms with E-state index in [1.165, 1.54) is 5.69 Å². The molecular formula is C34H40N6O4. The predicted molar refractivity (Wildman–Crippen MR) is 172 cm³/mol.